The van der Waals surface area contributed by atoms with Crippen LogP contribution in [0.3, 0.4) is 0 Å². The first kappa shape index (κ1) is 7.41. The molecule has 0 aromatic carbocycles. The van der Waals surface area contributed by atoms with Gasteiger partial charge in [0.1, 0.15) is 6.26 Å². The second-order valence-corrected chi connectivity index (χ2v) is 3.19. The molecule has 0 saturated carbocycles. The largest absolute Gasteiger partial charge is 0.469 e. The molecule has 2 nitrogen and oxygen atoms in total. The maximum atomic E-state index is 5.02. The van der Waals surface area contributed by atoms with Crippen LogP contribution >= 0.6 is 0 Å². The molecule has 1 rings (SSSR count). The van der Waals surface area contributed by atoms with E-state index in [0.29, 0.717) is 0 Å². The smallest absolute Gasteiger partial charge is 0.265 e. The Morgan fingerprint density at radius 2 is 2.10 bits per heavy atom. The van der Waals surface area contributed by atoms with Gasteiger partial charge in [-0.1, -0.05) is 5.98 Å². The minimum atomic E-state index is 0.796. The van der Waals surface area contributed by atoms with Crippen LogP contribution < -0.4 is 0 Å². The van der Waals surface area contributed by atoms with Gasteiger partial charge in [0.2, 0.25) is 0 Å². The Labute approximate surface area is 62.6 Å². The van der Waals surface area contributed by atoms with E-state index in [-0.39, 0.29) is 0 Å². The highest BCUT2D eigenvalue weighted by atomic mass is 16.5. The standard InChI is InChI=1S/C7H12BNO/c1-9(2,3)7-6-10-5-4-8-7/h4-6H,1-3H3/q+1. The first-order chi connectivity index (χ1) is 4.61. The highest BCUT2D eigenvalue weighted by Crippen LogP contribution is 2.09. The van der Waals surface area contributed by atoms with Crippen LogP contribution in [0.15, 0.2) is 24.1 Å². The van der Waals surface area contributed by atoms with E-state index < -0.39 is 0 Å². The summed E-state index contributed by atoms with van der Waals surface area (Å²) in [5.41, 5.74) is 1.17. The molecule has 10 heavy (non-hydrogen) atoms. The average molecular weight is 137 g/mol. The molecule has 3 heteroatoms. The van der Waals surface area contributed by atoms with Gasteiger partial charge in [-0.3, -0.25) is 0 Å². The quantitative estimate of drug-likeness (QED) is 0.381. The van der Waals surface area contributed by atoms with Gasteiger partial charge in [-0.05, 0) is 0 Å². The SMILES string of the molecule is C[N+](C)(C)C1=COC=C[B]1. The number of nitrogens with zero attached hydrogens (tertiary/aromatic N) is 1. The summed E-state index contributed by atoms with van der Waals surface area (Å²) in [6, 6.07) is 0. The summed E-state index contributed by atoms with van der Waals surface area (Å²) < 4.78 is 5.82. The molecule has 0 atom stereocenters. The molecule has 0 fully saturated rings. The maximum Gasteiger partial charge on any atom is 0.265 e. The van der Waals surface area contributed by atoms with E-state index in [9.17, 15) is 0 Å². The minimum Gasteiger partial charge on any atom is -0.469 e. The summed E-state index contributed by atoms with van der Waals surface area (Å²) >= 11 is 0. The predicted octanol–water partition coefficient (Wildman–Crippen LogP) is 0.697. The van der Waals surface area contributed by atoms with E-state index in [2.05, 4.69) is 21.1 Å². The van der Waals surface area contributed by atoms with Crippen molar-refractivity contribution in [3.8, 4) is 0 Å². The van der Waals surface area contributed by atoms with Crippen LogP contribution in [-0.2, 0) is 4.74 Å². The Hall–Kier alpha value is -0.695. The van der Waals surface area contributed by atoms with Gasteiger partial charge in [0, 0.05) is 0 Å². The summed E-state index contributed by atoms with van der Waals surface area (Å²) in [7, 11) is 8.35. The van der Waals surface area contributed by atoms with Crippen LogP contribution in [0.2, 0.25) is 0 Å². The lowest BCUT2D eigenvalue weighted by molar-refractivity contribution is -0.824. The van der Waals surface area contributed by atoms with Crippen LogP contribution in [0, 0.1) is 0 Å². The fourth-order valence-electron chi connectivity index (χ4n) is 0.713. The van der Waals surface area contributed by atoms with Crippen molar-refractivity contribution in [2.24, 2.45) is 0 Å². The second-order valence-electron chi connectivity index (χ2n) is 3.19. The van der Waals surface area contributed by atoms with Gasteiger partial charge >= 0.3 is 0 Å². The molecular formula is C7H12BNO+. The fraction of sp³-hybridized carbons (Fsp3) is 0.429. The maximum absolute atomic E-state index is 5.02. The lowest BCUT2D eigenvalue weighted by atomic mass is 9.73. The van der Waals surface area contributed by atoms with E-state index in [1.54, 1.807) is 12.5 Å². The number of hydrogen-bond donors (Lipinski definition) is 0. The van der Waals surface area contributed by atoms with Crippen molar-refractivity contribution < 1.29 is 9.22 Å². The van der Waals surface area contributed by atoms with Gasteiger partial charge in [-0.25, -0.2) is 0 Å². The summed E-state index contributed by atoms with van der Waals surface area (Å²) in [4.78, 5) is 0. The number of rotatable bonds is 1. The van der Waals surface area contributed by atoms with Gasteiger partial charge in [-0.2, -0.15) is 0 Å². The monoisotopic (exact) mass is 137 g/mol. The minimum absolute atomic E-state index is 0.796. The molecule has 0 aliphatic carbocycles. The zero-order valence-corrected chi connectivity index (χ0v) is 6.66. The second kappa shape index (κ2) is 2.50. The van der Waals surface area contributed by atoms with E-state index >= 15 is 0 Å². The van der Waals surface area contributed by atoms with Crippen molar-refractivity contribution in [1.82, 2.24) is 0 Å². The van der Waals surface area contributed by atoms with Gasteiger partial charge in [0.05, 0.1) is 33.0 Å². The van der Waals surface area contributed by atoms with Crippen molar-refractivity contribution in [2.75, 3.05) is 21.1 Å². The van der Waals surface area contributed by atoms with Crippen molar-refractivity contribution in [2.45, 2.75) is 0 Å². The molecule has 53 valence electrons. The molecule has 0 aromatic rings. The van der Waals surface area contributed by atoms with Crippen molar-refractivity contribution >= 4 is 7.28 Å². The summed E-state index contributed by atoms with van der Waals surface area (Å²) in [5.74, 6) is 1.90. The van der Waals surface area contributed by atoms with Crippen LogP contribution in [0.1, 0.15) is 0 Å². The molecule has 1 aliphatic heterocycles. The van der Waals surface area contributed by atoms with Crippen molar-refractivity contribution in [3.05, 3.63) is 24.1 Å². The topological polar surface area (TPSA) is 9.23 Å². The van der Waals surface area contributed by atoms with Crippen LogP contribution in [0.5, 0.6) is 0 Å². The lowest BCUT2D eigenvalue weighted by Gasteiger charge is -2.26. The Morgan fingerprint density at radius 1 is 1.40 bits per heavy atom. The third kappa shape index (κ3) is 1.64. The molecule has 1 heterocycles. The number of hydrogen-bond acceptors (Lipinski definition) is 1. The molecule has 0 spiro atoms. The fourth-order valence-corrected chi connectivity index (χ4v) is 0.713. The first-order valence-electron chi connectivity index (χ1n) is 3.28. The summed E-state index contributed by atoms with van der Waals surface area (Å²) in [5, 5.41) is 0. The van der Waals surface area contributed by atoms with Crippen LogP contribution in [0.25, 0.3) is 0 Å². The summed E-state index contributed by atoms with van der Waals surface area (Å²) in [6.45, 7) is 0. The van der Waals surface area contributed by atoms with Gasteiger partial charge < -0.3 is 9.22 Å². The van der Waals surface area contributed by atoms with Gasteiger partial charge in [-0.15, -0.1) is 0 Å². The van der Waals surface area contributed by atoms with E-state index in [0.717, 1.165) is 4.48 Å². The van der Waals surface area contributed by atoms with Crippen LogP contribution in [0.4, 0.5) is 0 Å². The first-order valence-corrected chi connectivity index (χ1v) is 3.28. The van der Waals surface area contributed by atoms with E-state index in [1.165, 1.54) is 5.60 Å². The molecule has 0 unspecified atom stereocenters. The zero-order valence-electron chi connectivity index (χ0n) is 6.66. The third-order valence-electron chi connectivity index (χ3n) is 1.39. The van der Waals surface area contributed by atoms with Gasteiger partial charge in [0.25, 0.3) is 7.28 Å². The molecule has 0 saturated heterocycles. The lowest BCUT2D eigenvalue weighted by Crippen LogP contribution is -2.36. The highest BCUT2D eigenvalue weighted by molar-refractivity contribution is 6.50. The predicted molar refractivity (Wildman–Crippen MR) is 42.1 cm³/mol. The van der Waals surface area contributed by atoms with E-state index in [1.807, 2.05) is 13.3 Å². The zero-order chi connectivity index (χ0) is 7.61. The number of quaternary nitrogens is 1. The Bertz CT molecular complexity index is 179. The van der Waals surface area contributed by atoms with Gasteiger partial charge in [0.15, 0.2) is 0 Å². The highest BCUT2D eigenvalue weighted by Gasteiger charge is 2.17. The molecule has 0 bridgehead atoms. The van der Waals surface area contributed by atoms with E-state index in [4.69, 9.17) is 4.74 Å². The normalized spacial score (nSPS) is 17.3. The Morgan fingerprint density at radius 3 is 2.40 bits per heavy atom. The molecule has 1 aliphatic rings. The Balaban J connectivity index is 2.65. The number of ether oxygens (including phenoxy) is 1. The average Bonchev–Trinajstić information content (AvgIpc) is 1.88. The third-order valence-corrected chi connectivity index (χ3v) is 1.39. The Kier molecular flexibility index (Phi) is 1.86. The molecule has 0 aromatic heterocycles. The van der Waals surface area contributed by atoms with Crippen molar-refractivity contribution in [1.29, 1.82) is 0 Å². The molecule has 0 N–H and O–H groups in total. The summed E-state index contributed by atoms with van der Waals surface area (Å²) in [6.07, 6.45) is 3.43. The molecule has 0 amide bonds. The van der Waals surface area contributed by atoms with Crippen molar-refractivity contribution in [3.63, 3.8) is 0 Å². The molecular weight excluding hydrogens is 125 g/mol. The molecule has 1 radical (unpaired) electrons. The van der Waals surface area contributed by atoms with Crippen LogP contribution in [-0.4, -0.2) is 32.9 Å².